The van der Waals surface area contributed by atoms with Crippen LogP contribution in [0, 0.1) is 5.82 Å². The first-order chi connectivity index (χ1) is 9.70. The molecular weight excluding hydrogens is 255 g/mol. The quantitative estimate of drug-likeness (QED) is 0.789. The van der Waals surface area contributed by atoms with E-state index in [1.165, 1.54) is 12.1 Å². The minimum atomic E-state index is -0.604. The van der Waals surface area contributed by atoms with Gasteiger partial charge in [0.1, 0.15) is 11.5 Å². The molecule has 3 rings (SSSR count). The van der Waals surface area contributed by atoms with Crippen molar-refractivity contribution < 1.29 is 9.50 Å². The summed E-state index contributed by atoms with van der Waals surface area (Å²) in [5.41, 5.74) is 3.02. The fraction of sp³-hybridized carbons (Fsp3) is 0.188. The molecule has 3 aromatic rings. The predicted octanol–water partition coefficient (Wildman–Crippen LogP) is 3.58. The summed E-state index contributed by atoms with van der Waals surface area (Å²) in [5, 5.41) is 10.3. The van der Waals surface area contributed by atoms with Gasteiger partial charge in [0, 0.05) is 11.8 Å². The number of fused-ring (bicyclic) bond motifs is 1. The molecule has 0 aliphatic rings. The monoisotopic (exact) mass is 270 g/mol. The van der Waals surface area contributed by atoms with Crippen molar-refractivity contribution >= 4 is 5.65 Å². The maximum Gasteiger partial charge on any atom is 0.137 e. The fourth-order valence-corrected chi connectivity index (χ4v) is 2.35. The maximum absolute atomic E-state index is 13.1. The van der Waals surface area contributed by atoms with E-state index in [0.29, 0.717) is 12.1 Å². The molecule has 0 amide bonds. The summed E-state index contributed by atoms with van der Waals surface area (Å²) < 4.78 is 14.9. The first-order valence-corrected chi connectivity index (χ1v) is 6.61. The molecule has 0 spiro atoms. The number of aromatic nitrogens is 2. The van der Waals surface area contributed by atoms with E-state index in [0.717, 1.165) is 16.9 Å². The Morgan fingerprint density at radius 2 is 1.95 bits per heavy atom. The molecule has 1 aromatic carbocycles. The highest BCUT2D eigenvalue weighted by atomic mass is 19.1. The largest absolute Gasteiger partial charge is 0.387 e. The molecule has 20 heavy (non-hydrogen) atoms. The van der Waals surface area contributed by atoms with Crippen LogP contribution in [0.4, 0.5) is 4.39 Å². The van der Waals surface area contributed by atoms with Crippen LogP contribution in [-0.2, 0) is 0 Å². The lowest BCUT2D eigenvalue weighted by molar-refractivity contribution is 0.168. The molecule has 3 nitrogen and oxygen atoms in total. The Kier molecular flexibility index (Phi) is 3.24. The summed E-state index contributed by atoms with van der Waals surface area (Å²) in [6.45, 7) is 1.92. The Balaban J connectivity index is 2.26. The van der Waals surface area contributed by atoms with Crippen LogP contribution in [0.2, 0.25) is 0 Å². The average Bonchev–Trinajstić information content (AvgIpc) is 2.86. The van der Waals surface area contributed by atoms with Gasteiger partial charge in [0.15, 0.2) is 0 Å². The molecule has 0 saturated heterocycles. The molecule has 2 heterocycles. The van der Waals surface area contributed by atoms with E-state index in [-0.39, 0.29) is 5.82 Å². The zero-order valence-electron chi connectivity index (χ0n) is 11.1. The molecule has 0 radical (unpaired) electrons. The van der Waals surface area contributed by atoms with Gasteiger partial charge in [-0.2, -0.15) is 0 Å². The average molecular weight is 270 g/mol. The van der Waals surface area contributed by atoms with E-state index in [1.54, 1.807) is 12.1 Å². The van der Waals surface area contributed by atoms with Gasteiger partial charge in [0.05, 0.1) is 17.5 Å². The smallest absolute Gasteiger partial charge is 0.137 e. The van der Waals surface area contributed by atoms with Crippen LogP contribution >= 0.6 is 0 Å². The van der Waals surface area contributed by atoms with E-state index in [1.807, 2.05) is 35.7 Å². The molecule has 0 fully saturated rings. The van der Waals surface area contributed by atoms with Crippen molar-refractivity contribution in [3.8, 4) is 11.3 Å². The Hall–Kier alpha value is -2.20. The van der Waals surface area contributed by atoms with Crippen molar-refractivity contribution in [3.63, 3.8) is 0 Å². The van der Waals surface area contributed by atoms with E-state index in [2.05, 4.69) is 4.98 Å². The highest BCUT2D eigenvalue weighted by Crippen LogP contribution is 2.30. The van der Waals surface area contributed by atoms with Crippen molar-refractivity contribution in [3.05, 3.63) is 60.2 Å². The number of rotatable bonds is 3. The lowest BCUT2D eigenvalue weighted by atomic mass is 10.1. The van der Waals surface area contributed by atoms with Crippen molar-refractivity contribution in [2.24, 2.45) is 0 Å². The van der Waals surface area contributed by atoms with Gasteiger partial charge in [0.25, 0.3) is 0 Å². The van der Waals surface area contributed by atoms with Crippen molar-refractivity contribution in [1.82, 2.24) is 9.38 Å². The van der Waals surface area contributed by atoms with Crippen LogP contribution < -0.4 is 0 Å². The number of imidazole rings is 1. The molecule has 1 unspecified atom stereocenters. The molecular formula is C16H15FN2O. The molecule has 1 N–H and O–H groups in total. The van der Waals surface area contributed by atoms with Crippen LogP contribution in [-0.4, -0.2) is 14.5 Å². The van der Waals surface area contributed by atoms with E-state index in [4.69, 9.17) is 0 Å². The van der Waals surface area contributed by atoms with Gasteiger partial charge in [-0.05, 0) is 42.8 Å². The van der Waals surface area contributed by atoms with Crippen LogP contribution in [0.1, 0.15) is 25.1 Å². The second-order valence-electron chi connectivity index (χ2n) is 4.71. The number of pyridine rings is 1. The molecule has 0 bridgehead atoms. The number of benzene rings is 1. The third-order valence-electron chi connectivity index (χ3n) is 3.39. The van der Waals surface area contributed by atoms with Gasteiger partial charge in [0.2, 0.25) is 0 Å². The molecule has 0 aliphatic heterocycles. The Labute approximate surface area is 116 Å². The molecule has 102 valence electrons. The molecule has 0 saturated carbocycles. The number of aliphatic hydroxyl groups excluding tert-OH is 1. The van der Waals surface area contributed by atoms with Gasteiger partial charge in [-0.3, -0.25) is 0 Å². The van der Waals surface area contributed by atoms with Gasteiger partial charge >= 0.3 is 0 Å². The van der Waals surface area contributed by atoms with Crippen molar-refractivity contribution in [2.75, 3.05) is 0 Å². The summed E-state index contributed by atoms with van der Waals surface area (Å²) in [6.07, 6.45) is 1.87. The number of nitrogens with zero attached hydrogens (tertiary/aromatic N) is 2. The molecule has 2 aromatic heterocycles. The minimum absolute atomic E-state index is 0.282. The second-order valence-corrected chi connectivity index (χ2v) is 4.71. The van der Waals surface area contributed by atoms with Crippen LogP contribution in [0.25, 0.3) is 16.9 Å². The zero-order chi connectivity index (χ0) is 14.1. The van der Waals surface area contributed by atoms with Gasteiger partial charge in [-0.25, -0.2) is 9.37 Å². The highest BCUT2D eigenvalue weighted by Gasteiger charge is 2.19. The fourth-order valence-electron chi connectivity index (χ4n) is 2.35. The summed E-state index contributed by atoms with van der Waals surface area (Å²) in [6, 6.07) is 11.9. The third-order valence-corrected chi connectivity index (χ3v) is 3.39. The zero-order valence-corrected chi connectivity index (χ0v) is 11.1. The van der Waals surface area contributed by atoms with Gasteiger partial charge < -0.3 is 9.51 Å². The predicted molar refractivity (Wildman–Crippen MR) is 75.8 cm³/mol. The lowest BCUT2D eigenvalue weighted by Crippen LogP contribution is -2.02. The normalized spacial score (nSPS) is 12.8. The van der Waals surface area contributed by atoms with E-state index >= 15 is 0 Å². The van der Waals surface area contributed by atoms with Gasteiger partial charge in [-0.15, -0.1) is 0 Å². The van der Waals surface area contributed by atoms with Crippen LogP contribution in [0.5, 0.6) is 0 Å². The molecule has 4 heteroatoms. The van der Waals surface area contributed by atoms with E-state index in [9.17, 15) is 9.50 Å². The molecule has 1 atom stereocenters. The number of aliphatic hydroxyl groups is 1. The summed E-state index contributed by atoms with van der Waals surface area (Å²) in [7, 11) is 0. The highest BCUT2D eigenvalue weighted by molar-refractivity contribution is 5.67. The lowest BCUT2D eigenvalue weighted by Gasteiger charge is -2.10. The Morgan fingerprint density at radius 1 is 1.20 bits per heavy atom. The summed E-state index contributed by atoms with van der Waals surface area (Å²) in [4.78, 5) is 4.56. The topological polar surface area (TPSA) is 37.5 Å². The first kappa shape index (κ1) is 12.8. The maximum atomic E-state index is 13.1. The van der Waals surface area contributed by atoms with Gasteiger partial charge in [-0.1, -0.05) is 13.0 Å². The van der Waals surface area contributed by atoms with E-state index < -0.39 is 6.10 Å². The Bertz CT molecular complexity index is 734. The molecule has 0 aliphatic carbocycles. The number of halogens is 1. The third kappa shape index (κ3) is 2.08. The first-order valence-electron chi connectivity index (χ1n) is 6.61. The summed E-state index contributed by atoms with van der Waals surface area (Å²) >= 11 is 0. The van der Waals surface area contributed by atoms with Crippen molar-refractivity contribution in [2.45, 2.75) is 19.4 Å². The number of hydrogen-bond acceptors (Lipinski definition) is 2. The number of hydrogen-bond donors (Lipinski definition) is 1. The Morgan fingerprint density at radius 3 is 2.65 bits per heavy atom. The van der Waals surface area contributed by atoms with Crippen molar-refractivity contribution in [1.29, 1.82) is 0 Å². The SMILES string of the molecule is CCC(O)c1c(-c2ccc(F)cc2)nc2ccccn12. The van der Waals surface area contributed by atoms with Crippen LogP contribution in [0.15, 0.2) is 48.7 Å². The minimum Gasteiger partial charge on any atom is -0.387 e. The second kappa shape index (κ2) is 5.06. The summed E-state index contributed by atoms with van der Waals surface area (Å²) in [5.74, 6) is -0.282. The standard InChI is InChI=1S/C16H15FN2O/c1-2-13(20)16-15(11-6-8-12(17)9-7-11)18-14-5-3-4-10-19(14)16/h3-10,13,20H,2H2,1H3. The van der Waals surface area contributed by atoms with Crippen LogP contribution in [0.3, 0.4) is 0 Å².